The average molecular weight is 356 g/mol. The normalized spacial score (nSPS) is 11.9. The van der Waals surface area contributed by atoms with Gasteiger partial charge in [0.25, 0.3) is 0 Å². The zero-order valence-electron chi connectivity index (χ0n) is 12.5. The van der Waals surface area contributed by atoms with Gasteiger partial charge in [-0.15, -0.1) is 0 Å². The highest BCUT2D eigenvalue weighted by atomic mass is 19.3. The van der Waals surface area contributed by atoms with Gasteiger partial charge in [-0.25, -0.2) is 0 Å². The van der Waals surface area contributed by atoms with Crippen LogP contribution >= 0.6 is 0 Å². The van der Waals surface area contributed by atoms with E-state index in [9.17, 15) is 32.6 Å². The molecule has 0 atom stereocenters. The van der Waals surface area contributed by atoms with E-state index in [2.05, 4.69) is 4.74 Å². The highest BCUT2D eigenvalue weighted by Gasteiger charge is 2.43. The van der Waals surface area contributed by atoms with Crippen molar-refractivity contribution in [2.45, 2.75) is 12.5 Å². The monoisotopic (exact) mass is 356 g/mol. The second-order valence-electron chi connectivity index (χ2n) is 4.94. The van der Waals surface area contributed by atoms with E-state index >= 15 is 0 Å². The van der Waals surface area contributed by atoms with Crippen molar-refractivity contribution in [3.8, 4) is 17.2 Å². The van der Waals surface area contributed by atoms with Crippen LogP contribution in [0.2, 0.25) is 0 Å². The van der Waals surface area contributed by atoms with E-state index in [1.54, 1.807) is 0 Å². The topological polar surface area (TPSA) is 66.8 Å². The lowest BCUT2D eigenvalue weighted by Crippen LogP contribution is -2.33. The molecular formula is C17H12F4O4. The molecule has 132 valence electrons. The van der Waals surface area contributed by atoms with Gasteiger partial charge >= 0.3 is 12.5 Å². The third-order valence-corrected chi connectivity index (χ3v) is 3.04. The number of phenols is 2. The Morgan fingerprint density at radius 1 is 1.12 bits per heavy atom. The Hall–Kier alpha value is -3.03. The zero-order valence-corrected chi connectivity index (χ0v) is 12.5. The molecule has 0 saturated heterocycles. The van der Waals surface area contributed by atoms with E-state index in [1.807, 2.05) is 0 Å². The van der Waals surface area contributed by atoms with Gasteiger partial charge in [-0.2, -0.15) is 17.6 Å². The lowest BCUT2D eigenvalue weighted by molar-refractivity contribution is -0.253. The number of halogens is 4. The number of rotatable bonds is 6. The number of allylic oxidation sites excluding steroid dienone is 1. The molecule has 0 aliphatic rings. The smallest absolute Gasteiger partial charge is 0.461 e. The van der Waals surface area contributed by atoms with Gasteiger partial charge in [0.1, 0.15) is 17.2 Å². The van der Waals surface area contributed by atoms with E-state index in [0.717, 1.165) is 24.3 Å². The lowest BCUT2D eigenvalue weighted by atomic mass is 10.1. The number of hydrogen-bond donors (Lipinski definition) is 2. The maximum atomic E-state index is 12.9. The number of ketones is 1. The molecule has 4 nitrogen and oxygen atoms in total. The van der Waals surface area contributed by atoms with E-state index in [1.165, 1.54) is 30.3 Å². The Bertz CT molecular complexity index is 803. The molecule has 0 unspecified atom stereocenters. The summed E-state index contributed by atoms with van der Waals surface area (Å²) in [6.45, 7) is 0. The van der Waals surface area contributed by atoms with Crippen LogP contribution in [-0.2, 0) is 0 Å². The van der Waals surface area contributed by atoms with Crippen LogP contribution in [0.5, 0.6) is 17.2 Å². The van der Waals surface area contributed by atoms with E-state index in [-0.39, 0.29) is 16.9 Å². The Labute approximate surface area is 139 Å². The van der Waals surface area contributed by atoms with Crippen molar-refractivity contribution in [3.05, 3.63) is 59.7 Å². The Morgan fingerprint density at radius 3 is 2.48 bits per heavy atom. The van der Waals surface area contributed by atoms with Gasteiger partial charge in [-0.1, -0.05) is 18.2 Å². The first-order chi connectivity index (χ1) is 11.7. The van der Waals surface area contributed by atoms with Crippen molar-refractivity contribution in [3.63, 3.8) is 0 Å². The summed E-state index contributed by atoms with van der Waals surface area (Å²) in [6.07, 6.45) is -6.32. The fraction of sp³-hybridized carbons (Fsp3) is 0.118. The van der Waals surface area contributed by atoms with Crippen LogP contribution in [0.3, 0.4) is 0 Å². The summed E-state index contributed by atoms with van der Waals surface area (Å²) in [6, 6.07) is 8.26. The molecule has 2 aromatic rings. The van der Waals surface area contributed by atoms with Crippen molar-refractivity contribution >= 4 is 11.9 Å². The SMILES string of the molecule is O=C(/C=C/c1cccc(OC(F)(F)C(F)F)c1)c1ccc(O)cc1O. The average Bonchev–Trinajstić information content (AvgIpc) is 2.52. The van der Waals surface area contributed by atoms with Gasteiger partial charge in [0.2, 0.25) is 0 Å². The van der Waals surface area contributed by atoms with Gasteiger partial charge in [0.15, 0.2) is 5.78 Å². The molecule has 0 aliphatic carbocycles. The first-order valence-corrected chi connectivity index (χ1v) is 6.88. The predicted octanol–water partition coefficient (Wildman–Crippen LogP) is 4.23. The summed E-state index contributed by atoms with van der Waals surface area (Å²) in [5.41, 5.74) is 0.167. The van der Waals surface area contributed by atoms with Crippen molar-refractivity contribution in [2.24, 2.45) is 0 Å². The fourth-order valence-electron chi connectivity index (χ4n) is 1.87. The summed E-state index contributed by atoms with van der Waals surface area (Å²) < 4.78 is 54.0. The minimum atomic E-state index is -4.63. The van der Waals surface area contributed by atoms with E-state index < -0.39 is 29.8 Å². The molecule has 0 bridgehead atoms. The van der Waals surface area contributed by atoms with Crippen molar-refractivity contribution in [1.29, 1.82) is 0 Å². The van der Waals surface area contributed by atoms with Crippen LogP contribution in [0.4, 0.5) is 17.6 Å². The molecule has 2 aromatic carbocycles. The van der Waals surface area contributed by atoms with Gasteiger partial charge in [-0.3, -0.25) is 4.79 Å². The number of alkyl halides is 4. The predicted molar refractivity (Wildman–Crippen MR) is 81.2 cm³/mol. The number of benzene rings is 2. The molecular weight excluding hydrogens is 344 g/mol. The third kappa shape index (κ3) is 4.72. The minimum absolute atomic E-state index is 0.0781. The van der Waals surface area contributed by atoms with Crippen LogP contribution in [0.25, 0.3) is 6.08 Å². The third-order valence-electron chi connectivity index (χ3n) is 3.04. The van der Waals surface area contributed by atoms with Crippen LogP contribution in [0.15, 0.2) is 48.5 Å². The van der Waals surface area contributed by atoms with E-state index in [4.69, 9.17) is 0 Å². The summed E-state index contributed by atoms with van der Waals surface area (Å²) >= 11 is 0. The molecule has 0 fully saturated rings. The van der Waals surface area contributed by atoms with Gasteiger partial charge < -0.3 is 14.9 Å². The molecule has 25 heavy (non-hydrogen) atoms. The van der Waals surface area contributed by atoms with Crippen LogP contribution in [0, 0.1) is 0 Å². The molecule has 0 aromatic heterocycles. The second kappa shape index (κ2) is 7.25. The number of aromatic hydroxyl groups is 2. The molecule has 2 rings (SSSR count). The largest absolute Gasteiger partial charge is 0.508 e. The standard InChI is InChI=1S/C17H12F4O4/c18-16(19)17(20,21)25-12-3-1-2-10(8-12)4-7-14(23)13-6-5-11(22)9-15(13)24/h1-9,16,22,24H/b7-4+. The first-order valence-electron chi connectivity index (χ1n) is 6.88. The molecule has 0 heterocycles. The van der Waals surface area contributed by atoms with Crippen molar-refractivity contribution in [1.82, 2.24) is 0 Å². The van der Waals surface area contributed by atoms with Gasteiger partial charge in [-0.05, 0) is 35.9 Å². The Morgan fingerprint density at radius 2 is 1.84 bits per heavy atom. The number of ether oxygens (including phenoxy) is 1. The quantitative estimate of drug-likeness (QED) is 0.462. The van der Waals surface area contributed by atoms with Crippen LogP contribution < -0.4 is 4.74 Å². The lowest BCUT2D eigenvalue weighted by Gasteiger charge is -2.16. The maximum absolute atomic E-state index is 12.9. The van der Waals surface area contributed by atoms with Crippen LogP contribution in [-0.4, -0.2) is 28.5 Å². The summed E-state index contributed by atoms with van der Waals surface area (Å²) in [4.78, 5) is 12.0. The summed E-state index contributed by atoms with van der Waals surface area (Å²) in [5, 5.41) is 18.8. The Kier molecular flexibility index (Phi) is 5.31. The van der Waals surface area contributed by atoms with Gasteiger partial charge in [0.05, 0.1) is 5.56 Å². The zero-order chi connectivity index (χ0) is 18.6. The Balaban J connectivity index is 2.16. The number of hydrogen-bond acceptors (Lipinski definition) is 4. The first kappa shape index (κ1) is 18.3. The highest BCUT2D eigenvalue weighted by molar-refractivity contribution is 6.08. The second-order valence-corrected chi connectivity index (χ2v) is 4.94. The number of carbonyl (C=O) groups excluding carboxylic acids is 1. The minimum Gasteiger partial charge on any atom is -0.508 e. The molecule has 8 heteroatoms. The molecule has 0 radical (unpaired) electrons. The van der Waals surface area contributed by atoms with Crippen molar-refractivity contribution < 1.29 is 37.3 Å². The molecule has 0 aliphatic heterocycles. The number of carbonyl (C=O) groups is 1. The molecule has 0 amide bonds. The van der Waals surface area contributed by atoms with Gasteiger partial charge in [0, 0.05) is 6.07 Å². The van der Waals surface area contributed by atoms with Crippen molar-refractivity contribution in [2.75, 3.05) is 0 Å². The maximum Gasteiger partial charge on any atom is 0.461 e. The highest BCUT2D eigenvalue weighted by Crippen LogP contribution is 2.28. The summed E-state index contributed by atoms with van der Waals surface area (Å²) in [5.74, 6) is -1.75. The molecule has 2 N–H and O–H groups in total. The summed E-state index contributed by atoms with van der Waals surface area (Å²) in [7, 11) is 0. The van der Waals surface area contributed by atoms with E-state index in [0.29, 0.717) is 0 Å². The fourth-order valence-corrected chi connectivity index (χ4v) is 1.87. The molecule has 0 spiro atoms. The number of phenolic OH excluding ortho intramolecular Hbond substituents is 2. The van der Waals surface area contributed by atoms with Crippen LogP contribution in [0.1, 0.15) is 15.9 Å². The molecule has 0 saturated carbocycles.